The molecule has 3 N–H and O–H groups in total. The lowest BCUT2D eigenvalue weighted by molar-refractivity contribution is -0.117. The summed E-state index contributed by atoms with van der Waals surface area (Å²) in [6.45, 7) is 2.52. The van der Waals surface area contributed by atoms with Crippen molar-refractivity contribution in [3.63, 3.8) is 0 Å². The average Bonchev–Trinajstić information content (AvgIpc) is 2.95. The first kappa shape index (κ1) is 15.0. The van der Waals surface area contributed by atoms with Gasteiger partial charge in [-0.2, -0.15) is 0 Å². The first-order valence-corrected chi connectivity index (χ1v) is 8.01. The second kappa shape index (κ2) is 5.90. The van der Waals surface area contributed by atoms with Gasteiger partial charge in [0.15, 0.2) is 0 Å². The lowest BCUT2D eigenvalue weighted by atomic mass is 10.1. The first-order valence-electron chi connectivity index (χ1n) is 6.53. The van der Waals surface area contributed by atoms with Gasteiger partial charge in [0, 0.05) is 5.69 Å². The van der Waals surface area contributed by atoms with Crippen LogP contribution in [0.2, 0.25) is 0 Å². The molecule has 0 aromatic heterocycles. The standard InChI is InChI=1S/C13H19N3O3S/c1-9-10(16-13(17)11-6-4-8-15-11)5-3-7-12(9)20(18,19)14-2/h3,5,7,11,14-15H,4,6,8H2,1-2H3,(H,16,17). The van der Waals surface area contributed by atoms with Gasteiger partial charge in [-0.3, -0.25) is 4.79 Å². The lowest BCUT2D eigenvalue weighted by Gasteiger charge is -2.15. The maximum atomic E-state index is 12.1. The molecule has 1 aliphatic rings. The van der Waals surface area contributed by atoms with Crippen LogP contribution in [0.25, 0.3) is 0 Å². The molecule has 110 valence electrons. The normalized spacial score (nSPS) is 19.0. The summed E-state index contributed by atoms with van der Waals surface area (Å²) in [5, 5.41) is 5.90. The molecule has 1 atom stereocenters. The molecule has 0 bridgehead atoms. The van der Waals surface area contributed by atoms with Crippen LogP contribution >= 0.6 is 0 Å². The van der Waals surface area contributed by atoms with E-state index in [0.717, 1.165) is 19.4 Å². The number of carbonyl (C=O) groups excluding carboxylic acids is 1. The highest BCUT2D eigenvalue weighted by Crippen LogP contribution is 2.23. The van der Waals surface area contributed by atoms with Crippen molar-refractivity contribution in [3.05, 3.63) is 23.8 Å². The molecule has 0 aliphatic carbocycles. The summed E-state index contributed by atoms with van der Waals surface area (Å²) in [6.07, 6.45) is 1.78. The number of benzene rings is 1. The van der Waals surface area contributed by atoms with Crippen LogP contribution in [0.3, 0.4) is 0 Å². The highest BCUT2D eigenvalue weighted by Gasteiger charge is 2.23. The van der Waals surface area contributed by atoms with Crippen LogP contribution in [0.1, 0.15) is 18.4 Å². The minimum Gasteiger partial charge on any atom is -0.324 e. The van der Waals surface area contributed by atoms with E-state index in [9.17, 15) is 13.2 Å². The van der Waals surface area contributed by atoms with Crippen molar-refractivity contribution in [3.8, 4) is 0 Å². The largest absolute Gasteiger partial charge is 0.324 e. The smallest absolute Gasteiger partial charge is 0.241 e. The Morgan fingerprint density at radius 2 is 2.15 bits per heavy atom. The zero-order valence-corrected chi connectivity index (χ0v) is 12.4. The Balaban J connectivity index is 2.25. The highest BCUT2D eigenvalue weighted by molar-refractivity contribution is 7.89. The molecule has 0 saturated carbocycles. The van der Waals surface area contributed by atoms with Crippen molar-refractivity contribution in [1.82, 2.24) is 10.0 Å². The topological polar surface area (TPSA) is 87.3 Å². The first-order chi connectivity index (χ1) is 9.45. The molecule has 0 radical (unpaired) electrons. The zero-order chi connectivity index (χ0) is 14.8. The molecular formula is C13H19N3O3S. The monoisotopic (exact) mass is 297 g/mol. The van der Waals surface area contributed by atoms with Crippen molar-refractivity contribution in [1.29, 1.82) is 0 Å². The number of anilines is 1. The number of hydrogen-bond acceptors (Lipinski definition) is 4. The second-order valence-electron chi connectivity index (χ2n) is 4.77. The Morgan fingerprint density at radius 1 is 1.40 bits per heavy atom. The summed E-state index contributed by atoms with van der Waals surface area (Å²) in [7, 11) is -2.16. The Labute approximate surface area is 119 Å². The van der Waals surface area contributed by atoms with Crippen LogP contribution in [0.4, 0.5) is 5.69 Å². The molecule has 1 amide bonds. The fraction of sp³-hybridized carbons (Fsp3) is 0.462. The minimum atomic E-state index is -3.52. The quantitative estimate of drug-likeness (QED) is 0.759. The maximum Gasteiger partial charge on any atom is 0.241 e. The van der Waals surface area contributed by atoms with Gasteiger partial charge in [0.1, 0.15) is 0 Å². The van der Waals surface area contributed by atoms with Gasteiger partial charge in [-0.15, -0.1) is 0 Å². The van der Waals surface area contributed by atoms with Gasteiger partial charge in [0.25, 0.3) is 0 Å². The minimum absolute atomic E-state index is 0.121. The van der Waals surface area contributed by atoms with Crippen molar-refractivity contribution < 1.29 is 13.2 Å². The van der Waals surface area contributed by atoms with Gasteiger partial charge in [-0.05, 0) is 51.1 Å². The van der Waals surface area contributed by atoms with Crippen LogP contribution in [0.15, 0.2) is 23.1 Å². The van der Waals surface area contributed by atoms with Crippen molar-refractivity contribution in [2.75, 3.05) is 18.9 Å². The molecule has 2 rings (SSSR count). The maximum absolute atomic E-state index is 12.1. The molecule has 0 spiro atoms. The van der Waals surface area contributed by atoms with Crippen LogP contribution in [0.5, 0.6) is 0 Å². The number of rotatable bonds is 4. The molecule has 20 heavy (non-hydrogen) atoms. The fourth-order valence-corrected chi connectivity index (χ4v) is 3.27. The van der Waals surface area contributed by atoms with Crippen LogP contribution in [0, 0.1) is 6.92 Å². The lowest BCUT2D eigenvalue weighted by Crippen LogP contribution is -2.35. The van der Waals surface area contributed by atoms with E-state index in [1.165, 1.54) is 13.1 Å². The van der Waals surface area contributed by atoms with Crippen molar-refractivity contribution in [2.24, 2.45) is 0 Å². The Kier molecular flexibility index (Phi) is 4.42. The summed E-state index contributed by atoms with van der Waals surface area (Å²) >= 11 is 0. The molecule has 1 aliphatic heterocycles. The highest BCUT2D eigenvalue weighted by atomic mass is 32.2. The molecule has 1 aromatic rings. The number of carbonyl (C=O) groups is 1. The molecule has 1 heterocycles. The predicted octanol–water partition coefficient (Wildman–Crippen LogP) is 0.594. The summed E-state index contributed by atoms with van der Waals surface area (Å²) in [5.41, 5.74) is 1.06. The predicted molar refractivity (Wildman–Crippen MR) is 77.1 cm³/mol. The van der Waals surface area contributed by atoms with Crippen molar-refractivity contribution >= 4 is 21.6 Å². The number of sulfonamides is 1. The number of amides is 1. The molecule has 6 nitrogen and oxygen atoms in total. The van der Waals surface area contributed by atoms with Crippen molar-refractivity contribution in [2.45, 2.75) is 30.7 Å². The van der Waals surface area contributed by atoms with Crippen LogP contribution in [-0.2, 0) is 14.8 Å². The SMILES string of the molecule is CNS(=O)(=O)c1cccc(NC(=O)C2CCCN2)c1C. The molecular weight excluding hydrogens is 278 g/mol. The molecule has 1 fully saturated rings. The van der Waals surface area contributed by atoms with Gasteiger partial charge in [-0.25, -0.2) is 13.1 Å². The summed E-state index contributed by atoms with van der Waals surface area (Å²) in [4.78, 5) is 12.2. The molecule has 7 heteroatoms. The fourth-order valence-electron chi connectivity index (χ4n) is 2.28. The third-order valence-electron chi connectivity index (χ3n) is 3.48. The number of hydrogen-bond donors (Lipinski definition) is 3. The Hall–Kier alpha value is -1.44. The summed E-state index contributed by atoms with van der Waals surface area (Å²) in [5.74, 6) is -0.121. The molecule has 1 aromatic carbocycles. The zero-order valence-electron chi connectivity index (χ0n) is 11.6. The van der Waals surface area contributed by atoms with E-state index in [0.29, 0.717) is 11.3 Å². The van der Waals surface area contributed by atoms with E-state index in [1.807, 2.05) is 0 Å². The Bertz CT molecular complexity index is 607. The second-order valence-corrected chi connectivity index (χ2v) is 6.63. The summed E-state index contributed by atoms with van der Waals surface area (Å²) in [6, 6.07) is 4.65. The van der Waals surface area contributed by atoms with Gasteiger partial charge in [-0.1, -0.05) is 6.07 Å². The third kappa shape index (κ3) is 3.00. The van der Waals surface area contributed by atoms with Gasteiger partial charge in [0.05, 0.1) is 10.9 Å². The van der Waals surface area contributed by atoms with E-state index in [4.69, 9.17) is 0 Å². The van der Waals surface area contributed by atoms with E-state index >= 15 is 0 Å². The van der Waals surface area contributed by atoms with Gasteiger partial charge in [0.2, 0.25) is 15.9 Å². The van der Waals surface area contributed by atoms with Crippen LogP contribution < -0.4 is 15.4 Å². The van der Waals surface area contributed by atoms with Gasteiger partial charge >= 0.3 is 0 Å². The van der Waals surface area contributed by atoms with E-state index in [-0.39, 0.29) is 16.8 Å². The Morgan fingerprint density at radius 3 is 2.75 bits per heavy atom. The van der Waals surface area contributed by atoms with Gasteiger partial charge < -0.3 is 10.6 Å². The van der Waals surface area contributed by atoms with Crippen LogP contribution in [-0.4, -0.2) is 34.0 Å². The summed E-state index contributed by atoms with van der Waals surface area (Å²) < 4.78 is 26.0. The average molecular weight is 297 g/mol. The molecule has 1 saturated heterocycles. The van der Waals surface area contributed by atoms with E-state index in [2.05, 4.69) is 15.4 Å². The van der Waals surface area contributed by atoms with E-state index in [1.54, 1.807) is 19.1 Å². The molecule has 1 unspecified atom stereocenters. The third-order valence-corrected chi connectivity index (χ3v) is 5.04. The number of nitrogens with one attached hydrogen (secondary N) is 3. The van der Waals surface area contributed by atoms with E-state index < -0.39 is 10.0 Å².